The summed E-state index contributed by atoms with van der Waals surface area (Å²) in [4.78, 5) is 0. The summed E-state index contributed by atoms with van der Waals surface area (Å²) in [7, 11) is 0. The Labute approximate surface area is 100 Å². The molecule has 2 unspecified atom stereocenters. The molecule has 1 rings (SSSR count). The lowest BCUT2D eigenvalue weighted by Gasteiger charge is -2.21. The highest BCUT2D eigenvalue weighted by Gasteiger charge is 2.13. The third-order valence-corrected chi connectivity index (χ3v) is 3.20. The van der Waals surface area contributed by atoms with Crippen molar-refractivity contribution in [3.63, 3.8) is 0 Å². The highest BCUT2D eigenvalue weighted by molar-refractivity contribution is 5.19. The van der Waals surface area contributed by atoms with Crippen molar-refractivity contribution in [2.45, 2.75) is 33.6 Å². The maximum atomic E-state index is 3.54. The predicted octanol–water partition coefficient (Wildman–Crippen LogP) is 3.67. The van der Waals surface area contributed by atoms with Crippen LogP contribution < -0.4 is 5.32 Å². The minimum absolute atomic E-state index is 0.626. The van der Waals surface area contributed by atoms with Gasteiger partial charge in [-0.05, 0) is 36.4 Å². The molecule has 0 aromatic heterocycles. The van der Waals surface area contributed by atoms with Crippen molar-refractivity contribution in [1.82, 2.24) is 5.32 Å². The fourth-order valence-electron chi connectivity index (χ4n) is 1.86. The third-order valence-electron chi connectivity index (χ3n) is 3.20. The van der Waals surface area contributed by atoms with Gasteiger partial charge in [0.1, 0.15) is 0 Å². The van der Waals surface area contributed by atoms with Crippen molar-refractivity contribution < 1.29 is 0 Å². The smallest absolute Gasteiger partial charge is 0.00173 e. The van der Waals surface area contributed by atoms with Crippen LogP contribution in [0.1, 0.15) is 39.2 Å². The van der Waals surface area contributed by atoms with Crippen molar-refractivity contribution in [2.75, 3.05) is 13.1 Å². The zero-order valence-electron chi connectivity index (χ0n) is 11.0. The Balaban J connectivity index is 2.39. The van der Waals surface area contributed by atoms with E-state index in [1.807, 2.05) is 0 Å². The summed E-state index contributed by atoms with van der Waals surface area (Å²) in [5, 5.41) is 3.54. The summed E-state index contributed by atoms with van der Waals surface area (Å²) < 4.78 is 0. The molecule has 90 valence electrons. The molecule has 1 aromatic carbocycles. The van der Waals surface area contributed by atoms with Crippen LogP contribution >= 0.6 is 0 Å². The fraction of sp³-hybridized carbons (Fsp3) is 0.600. The van der Waals surface area contributed by atoms with E-state index in [-0.39, 0.29) is 0 Å². The normalized spacial score (nSPS) is 15.1. The lowest BCUT2D eigenvalue weighted by Crippen LogP contribution is -2.27. The third kappa shape index (κ3) is 4.36. The zero-order valence-corrected chi connectivity index (χ0v) is 11.0. The van der Waals surface area contributed by atoms with Gasteiger partial charge in [-0.15, -0.1) is 0 Å². The first-order chi connectivity index (χ1) is 7.61. The van der Waals surface area contributed by atoms with Crippen LogP contribution in [-0.4, -0.2) is 13.1 Å². The van der Waals surface area contributed by atoms with E-state index < -0.39 is 0 Å². The van der Waals surface area contributed by atoms with Crippen LogP contribution in [0.5, 0.6) is 0 Å². The van der Waals surface area contributed by atoms with Crippen LogP contribution in [0.3, 0.4) is 0 Å². The molecule has 1 aromatic rings. The molecule has 0 bridgehead atoms. The van der Waals surface area contributed by atoms with Gasteiger partial charge in [0.15, 0.2) is 0 Å². The lowest BCUT2D eigenvalue weighted by atomic mass is 9.89. The molecule has 1 N–H and O–H groups in total. The van der Waals surface area contributed by atoms with E-state index in [0.717, 1.165) is 19.0 Å². The Morgan fingerprint density at radius 2 is 1.56 bits per heavy atom. The lowest BCUT2D eigenvalue weighted by molar-refractivity contribution is 0.428. The molecule has 0 aliphatic heterocycles. The van der Waals surface area contributed by atoms with Gasteiger partial charge in [-0.2, -0.15) is 0 Å². The molecule has 0 saturated carbocycles. The maximum Gasteiger partial charge on any atom is -0.00173 e. The van der Waals surface area contributed by atoms with Gasteiger partial charge in [-0.25, -0.2) is 0 Å². The Morgan fingerprint density at radius 3 is 2.12 bits per heavy atom. The summed E-state index contributed by atoms with van der Waals surface area (Å²) in [6.07, 6.45) is 0. The Morgan fingerprint density at radius 1 is 0.938 bits per heavy atom. The van der Waals surface area contributed by atoms with E-state index in [1.165, 1.54) is 5.56 Å². The number of nitrogens with one attached hydrogen (secondary N) is 1. The van der Waals surface area contributed by atoms with E-state index in [1.54, 1.807) is 0 Å². The SMILES string of the molecule is CC(C)CNCC(C)C(C)c1ccccc1. The average molecular weight is 219 g/mol. The summed E-state index contributed by atoms with van der Waals surface area (Å²) in [6.45, 7) is 11.4. The molecule has 0 saturated heterocycles. The van der Waals surface area contributed by atoms with Crippen molar-refractivity contribution in [3.8, 4) is 0 Å². The molecule has 0 spiro atoms. The number of hydrogen-bond acceptors (Lipinski definition) is 1. The second-order valence-electron chi connectivity index (χ2n) is 5.23. The predicted molar refractivity (Wildman–Crippen MR) is 71.7 cm³/mol. The molecular formula is C15H25N. The van der Waals surface area contributed by atoms with Crippen molar-refractivity contribution in [1.29, 1.82) is 0 Å². The minimum atomic E-state index is 0.626. The van der Waals surface area contributed by atoms with Gasteiger partial charge in [-0.1, -0.05) is 58.0 Å². The molecule has 0 aliphatic carbocycles. The summed E-state index contributed by atoms with van der Waals surface area (Å²) in [6, 6.07) is 10.8. The number of rotatable bonds is 6. The molecule has 1 nitrogen and oxygen atoms in total. The van der Waals surface area contributed by atoms with E-state index in [2.05, 4.69) is 63.3 Å². The van der Waals surface area contributed by atoms with E-state index >= 15 is 0 Å². The number of hydrogen-bond donors (Lipinski definition) is 1. The van der Waals surface area contributed by atoms with Gasteiger partial charge >= 0.3 is 0 Å². The molecule has 16 heavy (non-hydrogen) atoms. The van der Waals surface area contributed by atoms with Crippen molar-refractivity contribution in [2.24, 2.45) is 11.8 Å². The van der Waals surface area contributed by atoms with Crippen LogP contribution in [0, 0.1) is 11.8 Å². The van der Waals surface area contributed by atoms with Crippen LogP contribution in [-0.2, 0) is 0 Å². The molecule has 0 heterocycles. The summed E-state index contributed by atoms with van der Waals surface area (Å²) >= 11 is 0. The van der Waals surface area contributed by atoms with Crippen molar-refractivity contribution >= 4 is 0 Å². The topological polar surface area (TPSA) is 12.0 Å². The van der Waals surface area contributed by atoms with Crippen LogP contribution in [0.25, 0.3) is 0 Å². The average Bonchev–Trinajstić information content (AvgIpc) is 2.28. The van der Waals surface area contributed by atoms with Crippen LogP contribution in [0.15, 0.2) is 30.3 Å². The van der Waals surface area contributed by atoms with E-state index in [0.29, 0.717) is 11.8 Å². The second kappa shape index (κ2) is 6.70. The first-order valence-corrected chi connectivity index (χ1v) is 6.37. The molecule has 1 heteroatoms. The molecule has 0 fully saturated rings. The van der Waals surface area contributed by atoms with Gasteiger partial charge in [0.05, 0.1) is 0 Å². The van der Waals surface area contributed by atoms with Gasteiger partial charge in [0, 0.05) is 0 Å². The largest absolute Gasteiger partial charge is 0.316 e. The van der Waals surface area contributed by atoms with Crippen LogP contribution in [0.4, 0.5) is 0 Å². The highest BCUT2D eigenvalue weighted by Crippen LogP contribution is 2.22. The van der Waals surface area contributed by atoms with Gasteiger partial charge in [-0.3, -0.25) is 0 Å². The number of benzene rings is 1. The zero-order chi connectivity index (χ0) is 12.0. The first kappa shape index (κ1) is 13.2. The molecule has 0 radical (unpaired) electrons. The van der Waals surface area contributed by atoms with Crippen LogP contribution in [0.2, 0.25) is 0 Å². The molecule has 0 aliphatic rings. The van der Waals surface area contributed by atoms with E-state index in [9.17, 15) is 0 Å². The van der Waals surface area contributed by atoms with Crippen molar-refractivity contribution in [3.05, 3.63) is 35.9 Å². The molecular weight excluding hydrogens is 194 g/mol. The van der Waals surface area contributed by atoms with Gasteiger partial charge in [0.25, 0.3) is 0 Å². The standard InChI is InChI=1S/C15H25N/c1-12(2)10-16-11-13(3)14(4)15-8-6-5-7-9-15/h5-9,12-14,16H,10-11H2,1-4H3. The Hall–Kier alpha value is -0.820. The highest BCUT2D eigenvalue weighted by atomic mass is 14.9. The maximum absolute atomic E-state index is 3.54. The van der Waals surface area contributed by atoms with Gasteiger partial charge < -0.3 is 5.32 Å². The Bertz CT molecular complexity index is 279. The fourth-order valence-corrected chi connectivity index (χ4v) is 1.86. The van der Waals surface area contributed by atoms with Gasteiger partial charge in [0.2, 0.25) is 0 Å². The van der Waals surface area contributed by atoms with E-state index in [4.69, 9.17) is 0 Å². The molecule has 2 atom stereocenters. The molecule has 0 amide bonds. The Kier molecular flexibility index (Phi) is 5.54. The quantitative estimate of drug-likeness (QED) is 0.769. The summed E-state index contributed by atoms with van der Waals surface area (Å²) in [5.74, 6) is 2.04. The summed E-state index contributed by atoms with van der Waals surface area (Å²) in [5.41, 5.74) is 1.45. The first-order valence-electron chi connectivity index (χ1n) is 6.37. The second-order valence-corrected chi connectivity index (χ2v) is 5.23. The monoisotopic (exact) mass is 219 g/mol. The minimum Gasteiger partial charge on any atom is -0.316 e.